The van der Waals surface area contributed by atoms with Crippen molar-refractivity contribution < 1.29 is 9.59 Å². The predicted octanol–water partition coefficient (Wildman–Crippen LogP) is 1.59. The van der Waals surface area contributed by atoms with Gasteiger partial charge in [-0.15, -0.1) is 0 Å². The summed E-state index contributed by atoms with van der Waals surface area (Å²) in [6, 6.07) is 8.59. The average molecular weight is 370 g/mol. The summed E-state index contributed by atoms with van der Waals surface area (Å²) in [5.74, 6) is 0.331. The lowest BCUT2D eigenvalue weighted by Gasteiger charge is -2.51. The number of nitrogens with one attached hydrogen (secondary N) is 2. The van der Waals surface area contributed by atoms with Gasteiger partial charge in [0.05, 0.1) is 0 Å². The third-order valence-electron chi connectivity index (χ3n) is 6.58. The monoisotopic (exact) mass is 370 g/mol. The Kier molecular flexibility index (Phi) is 5.19. The third-order valence-corrected chi connectivity index (χ3v) is 6.58. The number of hydrogen-bond donors (Lipinski definition) is 2. The molecule has 2 aliphatic heterocycles. The zero-order valence-electron chi connectivity index (χ0n) is 16.3. The molecule has 146 valence electrons. The maximum atomic E-state index is 12.9. The highest BCUT2D eigenvalue weighted by molar-refractivity contribution is 5.84. The van der Waals surface area contributed by atoms with Crippen molar-refractivity contribution in [3.05, 3.63) is 35.4 Å². The first-order valence-electron chi connectivity index (χ1n) is 10.2. The molecule has 6 nitrogen and oxygen atoms in total. The van der Waals surface area contributed by atoms with Gasteiger partial charge >= 0.3 is 0 Å². The third kappa shape index (κ3) is 3.36. The van der Waals surface area contributed by atoms with Crippen LogP contribution in [0.15, 0.2) is 24.3 Å². The summed E-state index contributed by atoms with van der Waals surface area (Å²) in [5.41, 5.74) is 5.77. The summed E-state index contributed by atoms with van der Waals surface area (Å²) in [6.07, 6.45) is 3.49. The molecule has 6 heteroatoms. The Balaban J connectivity index is 1.42. The van der Waals surface area contributed by atoms with Gasteiger partial charge in [-0.2, -0.15) is 0 Å². The van der Waals surface area contributed by atoms with Crippen LogP contribution >= 0.6 is 0 Å². The lowest BCUT2D eigenvalue weighted by molar-refractivity contribution is -0.155. The molecule has 0 radical (unpaired) electrons. The molecule has 0 bridgehead atoms. The molecule has 27 heavy (non-hydrogen) atoms. The second kappa shape index (κ2) is 7.60. The minimum absolute atomic E-state index is 0.0161. The molecule has 2 heterocycles. The molecule has 2 amide bonds. The van der Waals surface area contributed by atoms with E-state index < -0.39 is 0 Å². The number of hydrogen-bond acceptors (Lipinski definition) is 4. The van der Waals surface area contributed by atoms with E-state index >= 15 is 0 Å². The van der Waals surface area contributed by atoms with Gasteiger partial charge < -0.3 is 10.2 Å². The number of piperazine rings is 1. The molecule has 2 saturated heterocycles. The van der Waals surface area contributed by atoms with Crippen molar-refractivity contribution >= 4 is 11.8 Å². The van der Waals surface area contributed by atoms with Gasteiger partial charge in [0.15, 0.2) is 0 Å². The molecule has 4 atom stereocenters. The average Bonchev–Trinajstić information content (AvgIpc) is 3.17. The molecule has 3 fully saturated rings. The van der Waals surface area contributed by atoms with Crippen molar-refractivity contribution in [2.75, 3.05) is 13.1 Å². The Morgan fingerprint density at radius 1 is 1.22 bits per heavy atom. The van der Waals surface area contributed by atoms with E-state index in [1.54, 1.807) is 0 Å². The van der Waals surface area contributed by atoms with E-state index in [0.29, 0.717) is 12.6 Å². The van der Waals surface area contributed by atoms with E-state index in [1.807, 2.05) is 17.0 Å². The lowest BCUT2D eigenvalue weighted by Crippen LogP contribution is -2.68. The Morgan fingerprint density at radius 2 is 2.04 bits per heavy atom. The van der Waals surface area contributed by atoms with Gasteiger partial charge in [-0.05, 0) is 50.7 Å². The molecule has 4 rings (SSSR count). The van der Waals surface area contributed by atoms with Crippen LogP contribution < -0.4 is 10.7 Å². The van der Waals surface area contributed by atoms with Crippen LogP contribution in [0, 0.1) is 12.8 Å². The van der Waals surface area contributed by atoms with Crippen molar-refractivity contribution in [3.8, 4) is 0 Å². The number of carbonyl (C=O) groups is 2. The maximum Gasteiger partial charge on any atom is 0.241 e. The van der Waals surface area contributed by atoms with Gasteiger partial charge in [0.25, 0.3) is 0 Å². The minimum atomic E-state index is -0.0173. The molecule has 0 aromatic heterocycles. The van der Waals surface area contributed by atoms with Crippen LogP contribution in [0.2, 0.25) is 0 Å². The summed E-state index contributed by atoms with van der Waals surface area (Å²) < 4.78 is 0. The quantitative estimate of drug-likeness (QED) is 0.845. The number of carbonyl (C=O) groups excluding carboxylic acids is 2. The zero-order valence-corrected chi connectivity index (χ0v) is 16.3. The fraction of sp³-hybridized carbons (Fsp3) is 0.619. The molecular weight excluding hydrogens is 340 g/mol. The highest BCUT2D eigenvalue weighted by atomic mass is 16.2. The smallest absolute Gasteiger partial charge is 0.241 e. The normalized spacial score (nSPS) is 30.7. The predicted molar refractivity (Wildman–Crippen MR) is 104 cm³/mol. The van der Waals surface area contributed by atoms with Crippen molar-refractivity contribution in [1.29, 1.82) is 0 Å². The molecule has 2 N–H and O–H groups in total. The summed E-state index contributed by atoms with van der Waals surface area (Å²) >= 11 is 0. The molecular formula is C21H30N4O2. The fourth-order valence-electron chi connectivity index (χ4n) is 5.08. The number of aryl methyl sites for hydroxylation is 1. The summed E-state index contributed by atoms with van der Waals surface area (Å²) in [5, 5.41) is 5.32. The Labute approximate surface area is 161 Å². The van der Waals surface area contributed by atoms with E-state index in [4.69, 9.17) is 0 Å². The number of hydrazine groups is 1. The first-order valence-corrected chi connectivity index (χ1v) is 10.2. The molecule has 0 spiro atoms. The van der Waals surface area contributed by atoms with Crippen LogP contribution in [0.5, 0.6) is 0 Å². The van der Waals surface area contributed by atoms with Gasteiger partial charge in [-0.25, -0.2) is 5.01 Å². The van der Waals surface area contributed by atoms with Crippen LogP contribution in [0.1, 0.15) is 43.7 Å². The van der Waals surface area contributed by atoms with E-state index in [9.17, 15) is 9.59 Å². The first-order chi connectivity index (χ1) is 13.1. The van der Waals surface area contributed by atoms with Crippen LogP contribution in [-0.4, -0.2) is 52.9 Å². The van der Waals surface area contributed by atoms with Crippen molar-refractivity contribution in [3.63, 3.8) is 0 Å². The lowest BCUT2D eigenvalue weighted by atomic mass is 9.78. The fourth-order valence-corrected chi connectivity index (χ4v) is 5.08. The number of benzene rings is 1. The van der Waals surface area contributed by atoms with Gasteiger partial charge in [0, 0.05) is 37.6 Å². The van der Waals surface area contributed by atoms with Crippen LogP contribution in [-0.2, 0) is 16.1 Å². The first kappa shape index (κ1) is 18.4. The number of nitrogens with zero attached hydrogens (tertiary/aromatic N) is 2. The summed E-state index contributed by atoms with van der Waals surface area (Å²) in [6.45, 7) is 6.29. The largest absolute Gasteiger partial charge is 0.352 e. The molecule has 4 unspecified atom stereocenters. The number of fused-ring (bicyclic) bond motifs is 3. The van der Waals surface area contributed by atoms with E-state index in [-0.39, 0.29) is 29.8 Å². The Hall–Kier alpha value is -1.92. The molecule has 1 saturated carbocycles. The SMILES string of the molecule is CCN1C(=O)C2CCNN2C2CCC(C(=O)NCc3ccccc3C)CC21. The van der Waals surface area contributed by atoms with E-state index in [1.165, 1.54) is 5.56 Å². The number of likely N-dealkylation sites (N-methyl/N-ethyl adjacent to an activating group) is 1. The van der Waals surface area contributed by atoms with E-state index in [2.05, 4.69) is 41.7 Å². The molecule has 1 aromatic rings. The van der Waals surface area contributed by atoms with Crippen LogP contribution in [0.25, 0.3) is 0 Å². The second-order valence-corrected chi connectivity index (χ2v) is 8.03. The molecule has 1 aromatic carbocycles. The number of rotatable bonds is 4. The van der Waals surface area contributed by atoms with Crippen LogP contribution in [0.3, 0.4) is 0 Å². The Morgan fingerprint density at radius 3 is 2.81 bits per heavy atom. The maximum absolute atomic E-state index is 12.9. The second-order valence-electron chi connectivity index (χ2n) is 8.03. The summed E-state index contributed by atoms with van der Waals surface area (Å²) in [7, 11) is 0. The van der Waals surface area contributed by atoms with Crippen LogP contribution in [0.4, 0.5) is 0 Å². The van der Waals surface area contributed by atoms with Gasteiger partial charge in [0.2, 0.25) is 11.8 Å². The van der Waals surface area contributed by atoms with Crippen molar-refractivity contribution in [2.45, 2.75) is 64.2 Å². The zero-order chi connectivity index (χ0) is 19.0. The van der Waals surface area contributed by atoms with E-state index in [0.717, 1.165) is 44.3 Å². The highest BCUT2D eigenvalue weighted by Crippen LogP contribution is 2.37. The standard InChI is InChI=1S/C21H30N4O2/c1-3-24-19-12-15(20(26)22-13-16-7-5-4-6-14(16)2)8-9-17(19)25-18(21(24)27)10-11-23-25/h4-7,15,17-19,23H,3,8-13H2,1-2H3,(H,22,26). The molecule has 3 aliphatic rings. The van der Waals surface area contributed by atoms with Gasteiger partial charge in [-0.1, -0.05) is 24.3 Å². The van der Waals surface area contributed by atoms with Gasteiger partial charge in [0.1, 0.15) is 6.04 Å². The van der Waals surface area contributed by atoms with Crippen molar-refractivity contribution in [1.82, 2.24) is 20.7 Å². The minimum Gasteiger partial charge on any atom is -0.352 e. The van der Waals surface area contributed by atoms with Gasteiger partial charge in [-0.3, -0.25) is 15.0 Å². The molecule has 1 aliphatic carbocycles. The Bertz CT molecular complexity index is 722. The summed E-state index contributed by atoms with van der Waals surface area (Å²) in [4.78, 5) is 27.7. The topological polar surface area (TPSA) is 64.7 Å². The van der Waals surface area contributed by atoms with Crippen molar-refractivity contribution in [2.24, 2.45) is 5.92 Å². The number of amides is 2. The highest BCUT2D eigenvalue weighted by Gasteiger charge is 2.50.